The Morgan fingerprint density at radius 2 is 1.74 bits per heavy atom. The van der Waals surface area contributed by atoms with Crippen molar-refractivity contribution in [2.45, 2.75) is 0 Å². The van der Waals surface area contributed by atoms with Gasteiger partial charge in [0.05, 0.1) is 11.0 Å². The number of rotatable bonds is 1. The first-order chi connectivity index (χ1) is 9.42. The van der Waals surface area contributed by atoms with Gasteiger partial charge < -0.3 is 0 Å². The molecule has 0 bridgehead atoms. The Labute approximate surface area is 114 Å². The van der Waals surface area contributed by atoms with Crippen LogP contribution in [-0.2, 0) is 0 Å². The average Bonchev–Trinajstić information content (AvgIpc) is 3.01. The first-order valence-corrected chi connectivity index (χ1v) is 6.97. The summed E-state index contributed by atoms with van der Waals surface area (Å²) in [5.74, 6) is 0. The minimum Gasteiger partial charge on any atom is -0.254 e. The maximum Gasteiger partial charge on any atom is 0.0965 e. The van der Waals surface area contributed by atoms with Gasteiger partial charge in [0, 0.05) is 33.6 Å². The third kappa shape index (κ3) is 1.71. The number of fused-ring (bicyclic) bond motifs is 3. The van der Waals surface area contributed by atoms with E-state index in [4.69, 9.17) is 0 Å². The molecular formula is C16H10N2S. The first kappa shape index (κ1) is 10.6. The summed E-state index contributed by atoms with van der Waals surface area (Å²) in [6, 6.07) is 14.6. The second-order valence-electron chi connectivity index (χ2n) is 4.41. The number of hydrogen-bond acceptors (Lipinski definition) is 3. The lowest BCUT2D eigenvalue weighted by Crippen LogP contribution is -1.85. The predicted octanol–water partition coefficient (Wildman–Crippen LogP) is 4.51. The molecule has 4 rings (SSSR count). The number of aromatic nitrogens is 2. The van der Waals surface area contributed by atoms with E-state index in [0.717, 1.165) is 27.4 Å². The van der Waals surface area contributed by atoms with E-state index in [2.05, 4.69) is 51.7 Å². The van der Waals surface area contributed by atoms with Crippen LogP contribution in [0.25, 0.3) is 32.2 Å². The lowest BCUT2D eigenvalue weighted by atomic mass is 10.1. The van der Waals surface area contributed by atoms with Gasteiger partial charge in [-0.15, -0.1) is 11.3 Å². The van der Waals surface area contributed by atoms with Crippen molar-refractivity contribution in [2.75, 3.05) is 0 Å². The van der Waals surface area contributed by atoms with Crippen LogP contribution < -0.4 is 0 Å². The molecule has 0 aliphatic heterocycles. The van der Waals surface area contributed by atoms with Gasteiger partial charge >= 0.3 is 0 Å². The standard InChI is InChI=1S/C16H10N2S/c1-3-11-5-6-12-9-13(14-4-2-8-19-14)10-18-16(12)15(11)17-7-1/h1-10H. The van der Waals surface area contributed by atoms with Crippen molar-refractivity contribution in [2.24, 2.45) is 0 Å². The van der Waals surface area contributed by atoms with Gasteiger partial charge in [0.1, 0.15) is 0 Å². The molecule has 0 aliphatic carbocycles. The van der Waals surface area contributed by atoms with Crippen LogP contribution in [0.1, 0.15) is 0 Å². The summed E-state index contributed by atoms with van der Waals surface area (Å²) >= 11 is 1.73. The Morgan fingerprint density at radius 1 is 0.842 bits per heavy atom. The van der Waals surface area contributed by atoms with Crippen LogP contribution in [0, 0.1) is 0 Å². The van der Waals surface area contributed by atoms with Gasteiger partial charge in [-0.25, -0.2) is 0 Å². The van der Waals surface area contributed by atoms with Crippen molar-refractivity contribution >= 4 is 33.1 Å². The van der Waals surface area contributed by atoms with Crippen molar-refractivity contribution in [3.63, 3.8) is 0 Å². The van der Waals surface area contributed by atoms with Crippen LogP contribution in [0.4, 0.5) is 0 Å². The average molecular weight is 262 g/mol. The molecule has 0 fully saturated rings. The van der Waals surface area contributed by atoms with E-state index in [1.165, 1.54) is 4.88 Å². The molecule has 0 radical (unpaired) electrons. The molecule has 0 saturated heterocycles. The van der Waals surface area contributed by atoms with Gasteiger partial charge in [0.25, 0.3) is 0 Å². The Balaban J connectivity index is 2.03. The SMILES string of the molecule is c1csc(-c2cnc3c(ccc4cccnc43)c2)c1. The number of pyridine rings is 2. The van der Waals surface area contributed by atoms with E-state index in [-0.39, 0.29) is 0 Å². The lowest BCUT2D eigenvalue weighted by molar-refractivity contribution is 1.38. The predicted molar refractivity (Wildman–Crippen MR) is 80.4 cm³/mol. The molecule has 3 heteroatoms. The van der Waals surface area contributed by atoms with Gasteiger partial charge in [-0.2, -0.15) is 0 Å². The van der Waals surface area contributed by atoms with Gasteiger partial charge in [-0.3, -0.25) is 9.97 Å². The molecule has 0 saturated carbocycles. The van der Waals surface area contributed by atoms with Crippen molar-refractivity contribution < 1.29 is 0 Å². The quantitative estimate of drug-likeness (QED) is 0.472. The maximum atomic E-state index is 4.61. The zero-order chi connectivity index (χ0) is 12.7. The molecule has 2 nitrogen and oxygen atoms in total. The summed E-state index contributed by atoms with van der Waals surface area (Å²) in [5, 5.41) is 4.35. The van der Waals surface area contributed by atoms with Crippen molar-refractivity contribution in [1.29, 1.82) is 0 Å². The third-order valence-electron chi connectivity index (χ3n) is 3.23. The highest BCUT2D eigenvalue weighted by Crippen LogP contribution is 2.28. The zero-order valence-electron chi connectivity index (χ0n) is 10.1. The summed E-state index contributed by atoms with van der Waals surface area (Å²) < 4.78 is 0. The molecule has 3 heterocycles. The minimum absolute atomic E-state index is 0.970. The fourth-order valence-electron chi connectivity index (χ4n) is 2.31. The fraction of sp³-hybridized carbons (Fsp3) is 0. The van der Waals surface area contributed by atoms with Crippen LogP contribution in [0.3, 0.4) is 0 Å². The van der Waals surface area contributed by atoms with Crippen molar-refractivity contribution in [3.8, 4) is 10.4 Å². The third-order valence-corrected chi connectivity index (χ3v) is 4.15. The van der Waals surface area contributed by atoms with Crippen LogP contribution in [0.2, 0.25) is 0 Å². The van der Waals surface area contributed by atoms with Crippen LogP contribution in [-0.4, -0.2) is 9.97 Å². The van der Waals surface area contributed by atoms with E-state index in [1.54, 1.807) is 11.3 Å². The molecule has 19 heavy (non-hydrogen) atoms. The zero-order valence-corrected chi connectivity index (χ0v) is 10.9. The summed E-state index contributed by atoms with van der Waals surface area (Å²) in [5.41, 5.74) is 3.11. The topological polar surface area (TPSA) is 25.8 Å². The van der Waals surface area contributed by atoms with Crippen LogP contribution >= 0.6 is 11.3 Å². The van der Waals surface area contributed by atoms with Gasteiger partial charge in [-0.1, -0.05) is 24.3 Å². The second-order valence-corrected chi connectivity index (χ2v) is 5.36. The van der Waals surface area contributed by atoms with Crippen LogP contribution in [0.15, 0.2) is 60.2 Å². The van der Waals surface area contributed by atoms with E-state index >= 15 is 0 Å². The molecule has 0 aliphatic rings. The molecule has 0 atom stereocenters. The van der Waals surface area contributed by atoms with Crippen molar-refractivity contribution in [1.82, 2.24) is 9.97 Å². The van der Waals surface area contributed by atoms with Gasteiger partial charge in [-0.05, 0) is 23.6 Å². The highest BCUT2D eigenvalue weighted by Gasteiger charge is 2.05. The molecule has 0 spiro atoms. The highest BCUT2D eigenvalue weighted by molar-refractivity contribution is 7.13. The number of thiophene rings is 1. The molecule has 0 unspecified atom stereocenters. The smallest absolute Gasteiger partial charge is 0.0965 e. The number of hydrogen-bond donors (Lipinski definition) is 0. The van der Waals surface area contributed by atoms with E-state index < -0.39 is 0 Å². The Hall–Kier alpha value is -2.26. The molecule has 90 valence electrons. The Bertz CT molecular complexity index is 866. The summed E-state index contributed by atoms with van der Waals surface area (Å²) in [6.45, 7) is 0. The van der Waals surface area contributed by atoms with Crippen molar-refractivity contribution in [3.05, 3.63) is 60.2 Å². The van der Waals surface area contributed by atoms with Crippen LogP contribution in [0.5, 0.6) is 0 Å². The largest absolute Gasteiger partial charge is 0.254 e. The van der Waals surface area contributed by atoms with E-state index in [0.29, 0.717) is 0 Å². The summed E-state index contributed by atoms with van der Waals surface area (Å²) in [6.07, 6.45) is 3.75. The Kier molecular flexibility index (Phi) is 2.32. The highest BCUT2D eigenvalue weighted by atomic mass is 32.1. The normalized spacial score (nSPS) is 11.2. The molecular weight excluding hydrogens is 252 g/mol. The lowest BCUT2D eigenvalue weighted by Gasteiger charge is -2.04. The van der Waals surface area contributed by atoms with Gasteiger partial charge in [0.2, 0.25) is 0 Å². The van der Waals surface area contributed by atoms with E-state index in [1.807, 2.05) is 18.5 Å². The first-order valence-electron chi connectivity index (χ1n) is 6.09. The molecule has 0 N–H and O–H groups in total. The summed E-state index contributed by atoms with van der Waals surface area (Å²) in [7, 11) is 0. The monoisotopic (exact) mass is 262 g/mol. The number of nitrogens with zero attached hydrogens (tertiary/aromatic N) is 2. The number of benzene rings is 1. The van der Waals surface area contributed by atoms with Gasteiger partial charge in [0.15, 0.2) is 0 Å². The van der Waals surface area contributed by atoms with E-state index in [9.17, 15) is 0 Å². The molecule has 1 aromatic carbocycles. The second kappa shape index (κ2) is 4.14. The fourth-order valence-corrected chi connectivity index (χ4v) is 3.02. The summed E-state index contributed by atoms with van der Waals surface area (Å²) in [4.78, 5) is 10.3. The minimum atomic E-state index is 0.970. The Morgan fingerprint density at radius 3 is 2.63 bits per heavy atom. The molecule has 4 aromatic rings. The maximum absolute atomic E-state index is 4.61. The molecule has 3 aromatic heterocycles. The molecule has 0 amide bonds.